The van der Waals surface area contributed by atoms with Crippen LogP contribution in [0.5, 0.6) is 5.75 Å². The number of ether oxygens (including phenoxy) is 1. The van der Waals surface area contributed by atoms with Crippen LogP contribution < -0.4 is 15.4 Å². The molecule has 0 aliphatic carbocycles. The van der Waals surface area contributed by atoms with Gasteiger partial charge >= 0.3 is 6.18 Å². The summed E-state index contributed by atoms with van der Waals surface area (Å²) in [6.07, 6.45) is -2.58. The van der Waals surface area contributed by atoms with E-state index in [0.717, 1.165) is 24.3 Å². The Balaban J connectivity index is 1.77. The number of halogens is 3. The molecule has 1 aliphatic rings. The topological polar surface area (TPSA) is 85.2 Å². The molecule has 11 heteroatoms. The van der Waals surface area contributed by atoms with Gasteiger partial charge in [-0.3, -0.25) is 9.59 Å². The maximum Gasteiger partial charge on any atom is 0.422 e. The molecule has 3 heterocycles. The molecule has 0 saturated carbocycles. The Morgan fingerprint density at radius 3 is 2.50 bits per heavy atom. The summed E-state index contributed by atoms with van der Waals surface area (Å²) in [7, 11) is 1.57. The number of carbonyl (C=O) groups excluding carboxylic acids is 2. The van der Waals surface area contributed by atoms with Crippen LogP contribution in [-0.2, 0) is 13.5 Å². The predicted octanol–water partition coefficient (Wildman–Crippen LogP) is 4.95. The standard InChI is InChI=1S/C25H27F3N4O3S/c1-3-18-19(31-23(33)15-7-5-4-6-8-15)13-17-21(35-14-25(26,27)28)20(32(2)22(17)30-18)24(34)29-16-9-11-36-12-10-16/h4-8,13,16H,3,9-12,14H2,1-2H3,(H,29,34)(H,31,33). The van der Waals surface area contributed by atoms with E-state index in [-0.39, 0.29) is 28.8 Å². The summed E-state index contributed by atoms with van der Waals surface area (Å²) in [5.41, 5.74) is 1.57. The number of nitrogens with one attached hydrogen (secondary N) is 2. The molecule has 0 atom stereocenters. The second-order valence-corrected chi connectivity index (χ2v) is 9.75. The Hall–Kier alpha value is -3.21. The molecule has 1 fully saturated rings. The van der Waals surface area contributed by atoms with E-state index in [0.29, 0.717) is 29.0 Å². The third-order valence-corrected chi connectivity index (χ3v) is 7.01. The van der Waals surface area contributed by atoms with Gasteiger partial charge in [0, 0.05) is 18.7 Å². The van der Waals surface area contributed by atoms with E-state index >= 15 is 0 Å². The highest BCUT2D eigenvalue weighted by Crippen LogP contribution is 2.36. The zero-order valence-electron chi connectivity index (χ0n) is 19.9. The first-order valence-corrected chi connectivity index (χ1v) is 12.8. The summed E-state index contributed by atoms with van der Waals surface area (Å²) in [6.45, 7) is 0.290. The zero-order chi connectivity index (χ0) is 25.9. The number of fused-ring (bicyclic) bond motifs is 1. The number of nitrogens with zero attached hydrogens (tertiary/aromatic N) is 2. The Bertz CT molecular complexity index is 1260. The van der Waals surface area contributed by atoms with Gasteiger partial charge in [0.15, 0.2) is 18.1 Å². The smallest absolute Gasteiger partial charge is 0.422 e. The van der Waals surface area contributed by atoms with Gasteiger partial charge in [-0.15, -0.1) is 0 Å². The van der Waals surface area contributed by atoms with Crippen molar-refractivity contribution in [2.45, 2.75) is 38.4 Å². The third-order valence-electron chi connectivity index (χ3n) is 5.96. The van der Waals surface area contributed by atoms with Gasteiger partial charge in [0.05, 0.1) is 16.8 Å². The fraction of sp³-hybridized carbons (Fsp3) is 0.400. The molecular weight excluding hydrogens is 493 g/mol. The highest BCUT2D eigenvalue weighted by molar-refractivity contribution is 7.99. The molecule has 0 unspecified atom stereocenters. The van der Waals surface area contributed by atoms with Crippen LogP contribution in [0.15, 0.2) is 36.4 Å². The fourth-order valence-electron chi connectivity index (χ4n) is 4.16. The molecule has 7 nitrogen and oxygen atoms in total. The third kappa shape index (κ3) is 5.77. The molecule has 2 N–H and O–H groups in total. The molecule has 0 radical (unpaired) electrons. The monoisotopic (exact) mass is 520 g/mol. The first-order chi connectivity index (χ1) is 17.2. The number of hydrogen-bond donors (Lipinski definition) is 2. The highest BCUT2D eigenvalue weighted by atomic mass is 32.2. The van der Waals surface area contributed by atoms with Crippen molar-refractivity contribution in [3.05, 3.63) is 53.3 Å². The first kappa shape index (κ1) is 25.9. The second-order valence-electron chi connectivity index (χ2n) is 8.53. The number of anilines is 1. The van der Waals surface area contributed by atoms with Crippen LogP contribution in [0.3, 0.4) is 0 Å². The molecule has 2 aromatic heterocycles. The lowest BCUT2D eigenvalue weighted by molar-refractivity contribution is -0.153. The summed E-state index contributed by atoms with van der Waals surface area (Å²) in [5.74, 6) is 0.705. The normalized spacial score (nSPS) is 14.6. The van der Waals surface area contributed by atoms with Crippen LogP contribution in [0.25, 0.3) is 11.0 Å². The van der Waals surface area contributed by atoms with E-state index in [4.69, 9.17) is 4.74 Å². The van der Waals surface area contributed by atoms with Gasteiger partial charge < -0.3 is 19.9 Å². The van der Waals surface area contributed by atoms with E-state index in [1.165, 1.54) is 10.6 Å². The van der Waals surface area contributed by atoms with Crippen LogP contribution in [0, 0.1) is 0 Å². The van der Waals surface area contributed by atoms with Crippen LogP contribution in [0.1, 0.15) is 46.3 Å². The number of rotatable bonds is 7. The SMILES string of the molecule is CCc1nc2c(cc1NC(=O)c1ccccc1)c(OCC(F)(F)F)c(C(=O)NC1CCSCC1)n2C. The summed E-state index contributed by atoms with van der Waals surface area (Å²) in [6, 6.07) is 10.0. The van der Waals surface area contributed by atoms with Gasteiger partial charge in [-0.2, -0.15) is 24.9 Å². The van der Waals surface area contributed by atoms with Gasteiger partial charge in [-0.25, -0.2) is 4.98 Å². The summed E-state index contributed by atoms with van der Waals surface area (Å²) in [4.78, 5) is 30.6. The number of pyridine rings is 1. The maximum atomic E-state index is 13.3. The molecule has 1 saturated heterocycles. The largest absolute Gasteiger partial charge is 0.481 e. The van der Waals surface area contributed by atoms with E-state index in [1.807, 2.05) is 6.92 Å². The number of amides is 2. The van der Waals surface area contributed by atoms with Crippen molar-refractivity contribution in [3.8, 4) is 5.75 Å². The summed E-state index contributed by atoms with van der Waals surface area (Å²) >= 11 is 1.80. The molecule has 192 valence electrons. The first-order valence-electron chi connectivity index (χ1n) is 11.6. The minimum absolute atomic E-state index is 0.0337. The number of aryl methyl sites for hydroxylation is 2. The minimum Gasteiger partial charge on any atom is -0.481 e. The molecular formula is C25H27F3N4O3S. The number of alkyl halides is 3. The Morgan fingerprint density at radius 2 is 1.86 bits per heavy atom. The summed E-state index contributed by atoms with van der Waals surface area (Å²) in [5, 5.41) is 5.96. The van der Waals surface area contributed by atoms with E-state index < -0.39 is 18.7 Å². The lowest BCUT2D eigenvalue weighted by Gasteiger charge is -2.23. The van der Waals surface area contributed by atoms with Gasteiger partial charge in [-0.05, 0) is 49.0 Å². The molecule has 1 aliphatic heterocycles. The highest BCUT2D eigenvalue weighted by Gasteiger charge is 2.32. The van der Waals surface area contributed by atoms with Gasteiger partial charge in [0.25, 0.3) is 11.8 Å². The van der Waals surface area contributed by atoms with E-state index in [9.17, 15) is 22.8 Å². The second kappa shape index (κ2) is 10.8. The van der Waals surface area contributed by atoms with E-state index in [2.05, 4.69) is 15.6 Å². The molecule has 1 aromatic carbocycles. The van der Waals surface area contributed by atoms with Crippen LogP contribution >= 0.6 is 11.8 Å². The number of aromatic nitrogens is 2. The average Bonchev–Trinajstić information content (AvgIpc) is 3.13. The summed E-state index contributed by atoms with van der Waals surface area (Å²) < 4.78 is 46.0. The molecule has 4 rings (SSSR count). The lowest BCUT2D eigenvalue weighted by atomic mass is 10.1. The quantitative estimate of drug-likeness (QED) is 0.460. The van der Waals surface area contributed by atoms with Crippen molar-refractivity contribution in [1.82, 2.24) is 14.9 Å². The van der Waals surface area contributed by atoms with Crippen molar-refractivity contribution in [2.75, 3.05) is 23.4 Å². The maximum absolute atomic E-state index is 13.3. The number of benzene rings is 1. The fourth-order valence-corrected chi connectivity index (χ4v) is 5.27. The van der Waals surface area contributed by atoms with Crippen LogP contribution in [-0.4, -0.2) is 51.7 Å². The van der Waals surface area contributed by atoms with Gasteiger partial charge in [0.2, 0.25) is 0 Å². The molecule has 36 heavy (non-hydrogen) atoms. The minimum atomic E-state index is -4.60. The van der Waals surface area contributed by atoms with Gasteiger partial charge in [-0.1, -0.05) is 25.1 Å². The molecule has 3 aromatic rings. The van der Waals surface area contributed by atoms with E-state index in [1.54, 1.807) is 49.1 Å². The van der Waals surface area contributed by atoms with Gasteiger partial charge in [0.1, 0.15) is 5.65 Å². The van der Waals surface area contributed by atoms with Crippen LogP contribution in [0.2, 0.25) is 0 Å². The van der Waals surface area contributed by atoms with Crippen molar-refractivity contribution in [1.29, 1.82) is 0 Å². The Labute approximate surface area is 210 Å². The Morgan fingerprint density at radius 1 is 1.17 bits per heavy atom. The van der Waals surface area contributed by atoms with Crippen molar-refractivity contribution in [3.63, 3.8) is 0 Å². The zero-order valence-corrected chi connectivity index (χ0v) is 20.8. The predicted molar refractivity (Wildman–Crippen MR) is 134 cm³/mol. The van der Waals surface area contributed by atoms with Crippen LogP contribution in [0.4, 0.5) is 18.9 Å². The van der Waals surface area contributed by atoms with Crippen molar-refractivity contribution >= 4 is 40.3 Å². The van der Waals surface area contributed by atoms with Crippen molar-refractivity contribution in [2.24, 2.45) is 7.05 Å². The molecule has 0 spiro atoms. The molecule has 2 amide bonds. The lowest BCUT2D eigenvalue weighted by Crippen LogP contribution is -2.38. The number of hydrogen-bond acceptors (Lipinski definition) is 5. The number of thioether (sulfide) groups is 1. The number of carbonyl (C=O) groups is 2. The Kier molecular flexibility index (Phi) is 7.77. The molecule has 0 bridgehead atoms. The average molecular weight is 521 g/mol. The van der Waals surface area contributed by atoms with Crippen molar-refractivity contribution < 1.29 is 27.5 Å².